The van der Waals surface area contributed by atoms with Gasteiger partial charge in [0.05, 0.1) is 0 Å². The molecule has 0 nitrogen and oxygen atoms in total. The van der Waals surface area contributed by atoms with Crippen molar-refractivity contribution in [1.29, 1.82) is 0 Å². The summed E-state index contributed by atoms with van der Waals surface area (Å²) < 4.78 is 50.3. The van der Waals surface area contributed by atoms with Gasteiger partial charge in [0.2, 0.25) is 0 Å². The molecule has 0 bridgehead atoms. The molecule has 0 fully saturated rings. The van der Waals surface area contributed by atoms with Gasteiger partial charge in [0.25, 0.3) is 0 Å². The third kappa shape index (κ3) is 2.14. The van der Waals surface area contributed by atoms with Gasteiger partial charge in [-0.1, -0.05) is 0 Å². The van der Waals surface area contributed by atoms with Gasteiger partial charge in [0, 0.05) is 0 Å². The van der Waals surface area contributed by atoms with E-state index in [1.54, 1.807) is 0 Å². The standard InChI is InChI=1S/C2F5.Sn/c3-1(4)2(5,6)7;. The molecule has 0 aromatic rings. The first-order valence-electron chi connectivity index (χ1n) is 1.44. The molecule has 0 aromatic carbocycles. The summed E-state index contributed by atoms with van der Waals surface area (Å²) in [7, 11) is 0. The second-order valence-corrected chi connectivity index (χ2v) is 2.86. The van der Waals surface area contributed by atoms with E-state index in [0.717, 1.165) is 0 Å². The number of alkyl halides is 5. The van der Waals surface area contributed by atoms with E-state index in [-0.39, 0.29) is 0 Å². The van der Waals surface area contributed by atoms with Crippen molar-refractivity contribution in [3.05, 3.63) is 0 Å². The van der Waals surface area contributed by atoms with E-state index < -0.39 is 32.6 Å². The SMILES string of the molecule is FC(F)(F)[C](F)(F)[Sn]. The van der Waals surface area contributed by atoms with Crippen molar-refractivity contribution in [2.75, 3.05) is 0 Å². The molecule has 0 amide bonds. The Morgan fingerprint density at radius 2 is 1.00 bits per heavy atom. The van der Waals surface area contributed by atoms with Crippen LogP contribution < -0.4 is 0 Å². The van der Waals surface area contributed by atoms with Crippen molar-refractivity contribution in [3.8, 4) is 0 Å². The molecule has 0 aliphatic carbocycles. The van der Waals surface area contributed by atoms with Crippen molar-refractivity contribution in [3.63, 3.8) is 0 Å². The minimum atomic E-state index is -5.36. The topological polar surface area (TPSA) is 0 Å². The monoisotopic (exact) mass is 239 g/mol. The average molecular weight is 238 g/mol. The zero-order valence-corrected chi connectivity index (χ0v) is 6.24. The summed E-state index contributed by atoms with van der Waals surface area (Å²) in [5.41, 5.74) is 0. The van der Waals surface area contributed by atoms with Crippen molar-refractivity contribution in [2.24, 2.45) is 0 Å². The molecule has 0 saturated carbocycles. The van der Waals surface area contributed by atoms with Crippen LogP contribution in [0.15, 0.2) is 0 Å². The molecule has 3 radical (unpaired) electrons. The van der Waals surface area contributed by atoms with Crippen LogP contribution in [0, 0.1) is 0 Å². The summed E-state index contributed by atoms with van der Waals surface area (Å²) >= 11 is -0.825. The van der Waals surface area contributed by atoms with E-state index >= 15 is 0 Å². The summed E-state index contributed by atoms with van der Waals surface area (Å²) in [6.07, 6.45) is -5.36. The van der Waals surface area contributed by atoms with Gasteiger partial charge in [0.1, 0.15) is 0 Å². The summed E-state index contributed by atoms with van der Waals surface area (Å²) in [4.78, 5) is 0. The van der Waals surface area contributed by atoms with Crippen LogP contribution >= 0.6 is 0 Å². The first-order chi connectivity index (χ1) is 3.25. The summed E-state index contributed by atoms with van der Waals surface area (Å²) in [6, 6.07) is 0. The second kappa shape index (κ2) is 2.00. The van der Waals surface area contributed by atoms with Gasteiger partial charge in [-0.3, -0.25) is 0 Å². The van der Waals surface area contributed by atoms with Crippen LogP contribution in [0.4, 0.5) is 22.0 Å². The molecule has 0 heterocycles. The predicted octanol–water partition coefficient (Wildman–Crippen LogP) is 1.31. The fourth-order valence-corrected chi connectivity index (χ4v) is 0. The van der Waals surface area contributed by atoms with E-state index in [4.69, 9.17) is 0 Å². The van der Waals surface area contributed by atoms with Crippen LogP contribution in [-0.2, 0) is 0 Å². The molecule has 0 aliphatic heterocycles. The number of halogens is 5. The van der Waals surface area contributed by atoms with Crippen LogP contribution in [0.3, 0.4) is 0 Å². The zero-order valence-electron chi connectivity index (χ0n) is 3.39. The molecule has 0 rings (SSSR count). The first-order valence-corrected chi connectivity index (χ1v) is 2.87. The molecule has 0 aromatic heterocycles. The Hall–Kier alpha value is 0.449. The van der Waals surface area contributed by atoms with Crippen molar-refractivity contribution >= 4 is 22.5 Å². The fourth-order valence-electron chi connectivity index (χ4n) is 0. The van der Waals surface area contributed by atoms with Gasteiger partial charge in [-0.25, -0.2) is 0 Å². The van der Waals surface area contributed by atoms with Gasteiger partial charge in [-0.2, -0.15) is 0 Å². The molecule has 0 spiro atoms. The molecule has 6 heteroatoms. The van der Waals surface area contributed by atoms with E-state index in [9.17, 15) is 22.0 Å². The van der Waals surface area contributed by atoms with Gasteiger partial charge in [0.15, 0.2) is 0 Å². The molecule has 0 aliphatic rings. The van der Waals surface area contributed by atoms with Crippen LogP contribution in [-0.4, -0.2) is 32.6 Å². The Kier molecular flexibility index (Phi) is 2.11. The Bertz CT molecular complexity index is 65.4. The maximum absolute atomic E-state index is 11.1. The molecule has 0 unspecified atom stereocenters. The Morgan fingerprint density at radius 1 is 0.875 bits per heavy atom. The van der Waals surface area contributed by atoms with Gasteiger partial charge in [-0.15, -0.1) is 0 Å². The zero-order chi connectivity index (χ0) is 7.00. The third-order valence-electron chi connectivity index (χ3n) is 0.356. The van der Waals surface area contributed by atoms with Crippen molar-refractivity contribution < 1.29 is 22.0 Å². The number of hydrogen-bond donors (Lipinski definition) is 0. The summed E-state index contributed by atoms with van der Waals surface area (Å²) in [5.74, 6) is 0. The van der Waals surface area contributed by atoms with Crippen molar-refractivity contribution in [2.45, 2.75) is 10.1 Å². The van der Waals surface area contributed by atoms with Crippen LogP contribution in [0.2, 0.25) is 0 Å². The molecular formula is C2F5Sn. The molecule has 0 N–H and O–H groups in total. The van der Waals surface area contributed by atoms with Crippen LogP contribution in [0.1, 0.15) is 0 Å². The molecule has 0 saturated heterocycles. The summed E-state index contributed by atoms with van der Waals surface area (Å²) in [5, 5.41) is 0. The van der Waals surface area contributed by atoms with E-state index in [2.05, 4.69) is 0 Å². The van der Waals surface area contributed by atoms with Crippen LogP contribution in [0.25, 0.3) is 0 Å². The normalized spacial score (nSPS) is 14.2. The Balaban J connectivity index is 4.02. The van der Waals surface area contributed by atoms with Gasteiger partial charge >= 0.3 is 54.6 Å². The van der Waals surface area contributed by atoms with Crippen LogP contribution in [0.5, 0.6) is 0 Å². The first kappa shape index (κ1) is 8.45. The number of rotatable bonds is 0. The molecule has 0 atom stereocenters. The number of hydrogen-bond acceptors (Lipinski definition) is 0. The van der Waals surface area contributed by atoms with Gasteiger partial charge < -0.3 is 0 Å². The van der Waals surface area contributed by atoms with E-state index in [0.29, 0.717) is 0 Å². The summed E-state index contributed by atoms with van der Waals surface area (Å²) in [6.45, 7) is 0. The van der Waals surface area contributed by atoms with Gasteiger partial charge in [-0.05, 0) is 0 Å². The third-order valence-corrected chi connectivity index (χ3v) is 1.17. The van der Waals surface area contributed by atoms with E-state index in [1.807, 2.05) is 0 Å². The van der Waals surface area contributed by atoms with Crippen molar-refractivity contribution in [1.82, 2.24) is 0 Å². The molecule has 8 heavy (non-hydrogen) atoms. The van der Waals surface area contributed by atoms with E-state index in [1.165, 1.54) is 0 Å². The Morgan fingerprint density at radius 3 is 1.00 bits per heavy atom. The minimum absolute atomic E-state index is 0.825. The molecular weight excluding hydrogens is 238 g/mol. The average Bonchev–Trinajstić information content (AvgIpc) is 1.25. The predicted molar refractivity (Wildman–Crippen MR) is 16.8 cm³/mol. The second-order valence-electron chi connectivity index (χ2n) is 1.07. The quantitative estimate of drug-likeness (QED) is 0.440. The molecule has 47 valence electrons. The maximum atomic E-state index is 11.1. The Labute approximate surface area is 55.1 Å². The fraction of sp³-hybridized carbons (Fsp3) is 1.00.